The molecule has 38 heavy (non-hydrogen) atoms. The predicted molar refractivity (Wildman–Crippen MR) is 143 cm³/mol. The Balaban J connectivity index is 0.000000625. The van der Waals surface area contributed by atoms with Crippen LogP contribution in [0.15, 0.2) is 11.1 Å². The first-order valence-corrected chi connectivity index (χ1v) is 16.0. The van der Waals surface area contributed by atoms with Crippen LogP contribution in [-0.2, 0) is 37.4 Å². The van der Waals surface area contributed by atoms with E-state index in [1.165, 1.54) is 0 Å². The quantitative estimate of drug-likeness (QED) is 0.186. The molecule has 2 saturated heterocycles. The van der Waals surface area contributed by atoms with Crippen molar-refractivity contribution in [1.82, 2.24) is 0 Å². The average molecular weight is 561 g/mol. The number of cyclic esters (lactones) is 1. The summed E-state index contributed by atoms with van der Waals surface area (Å²) in [6.45, 7) is 18.6. The molecule has 3 aliphatic heterocycles. The fraction of sp³-hybridized carbons (Fsp3) is 0.893. The van der Waals surface area contributed by atoms with Gasteiger partial charge >= 0.3 is 13.8 Å². The van der Waals surface area contributed by atoms with Gasteiger partial charge in [-0.15, -0.1) is 0 Å². The van der Waals surface area contributed by atoms with E-state index in [0.717, 1.165) is 37.5 Å². The molecular formula is C28H49O9P. The van der Waals surface area contributed by atoms with Crippen LogP contribution in [0.3, 0.4) is 0 Å². The Morgan fingerprint density at radius 3 is 2.34 bits per heavy atom. The van der Waals surface area contributed by atoms with Gasteiger partial charge in [0.25, 0.3) is 0 Å². The summed E-state index contributed by atoms with van der Waals surface area (Å²) in [7, 11) is -3.01. The fourth-order valence-electron chi connectivity index (χ4n) is 7.72. The van der Waals surface area contributed by atoms with Crippen molar-refractivity contribution in [2.75, 3.05) is 20.5 Å². The maximum absolute atomic E-state index is 12.2. The molecule has 1 N–H and O–H groups in total. The first-order chi connectivity index (χ1) is 18.1. The summed E-state index contributed by atoms with van der Waals surface area (Å²) < 4.78 is 46.0. The molecule has 220 valence electrons. The van der Waals surface area contributed by atoms with Gasteiger partial charge in [-0.25, -0.2) is 9.36 Å². The molecule has 9 unspecified atom stereocenters. The Morgan fingerprint density at radius 1 is 1.08 bits per heavy atom. The minimum absolute atomic E-state index is 0.0527. The van der Waals surface area contributed by atoms with E-state index in [2.05, 4.69) is 25.3 Å². The van der Waals surface area contributed by atoms with Crippen molar-refractivity contribution in [2.24, 2.45) is 23.2 Å². The Hall–Kier alpha value is -0.800. The van der Waals surface area contributed by atoms with Gasteiger partial charge in [0.05, 0.1) is 18.3 Å². The normalized spacial score (nSPS) is 42.5. The smallest absolute Gasteiger partial charge is 0.458 e. The van der Waals surface area contributed by atoms with Crippen LogP contribution in [0.4, 0.5) is 0 Å². The number of carbonyl (C=O) groups excluding carboxylic acids is 1. The molecule has 6 aliphatic rings. The van der Waals surface area contributed by atoms with Crippen LogP contribution >= 0.6 is 7.82 Å². The Morgan fingerprint density at radius 2 is 1.74 bits per heavy atom. The third-order valence-corrected chi connectivity index (χ3v) is 10.2. The monoisotopic (exact) mass is 560 g/mol. The molecule has 9 atom stereocenters. The Labute approximate surface area is 228 Å². The average Bonchev–Trinajstić information content (AvgIpc) is 3.81. The largest absolute Gasteiger partial charge is 0.474 e. The van der Waals surface area contributed by atoms with Crippen molar-refractivity contribution in [3.05, 3.63) is 11.1 Å². The minimum Gasteiger partial charge on any atom is -0.458 e. The zero-order chi connectivity index (χ0) is 28.7. The topological polar surface area (TPSA) is 116 Å². The van der Waals surface area contributed by atoms with Gasteiger partial charge < -0.3 is 23.8 Å². The molecule has 3 heterocycles. The van der Waals surface area contributed by atoms with Crippen LogP contribution in [0.1, 0.15) is 88.0 Å². The van der Waals surface area contributed by atoms with Crippen LogP contribution in [0.25, 0.3) is 0 Å². The van der Waals surface area contributed by atoms with Gasteiger partial charge in [0.2, 0.25) is 0 Å². The lowest BCUT2D eigenvalue weighted by Gasteiger charge is -2.54. The zero-order valence-electron chi connectivity index (χ0n) is 24.9. The molecule has 9 nitrogen and oxygen atoms in total. The molecule has 2 saturated carbocycles. The summed E-state index contributed by atoms with van der Waals surface area (Å²) in [5.74, 6) is 0.494. The second kappa shape index (κ2) is 11.6. The highest BCUT2D eigenvalue weighted by Crippen LogP contribution is 2.79. The van der Waals surface area contributed by atoms with E-state index in [1.807, 2.05) is 41.5 Å². The third kappa shape index (κ3) is 4.45. The number of esters is 1. The third-order valence-electron chi connectivity index (χ3n) is 9.29. The number of phosphoric acid groups is 1. The zero-order valence-corrected chi connectivity index (χ0v) is 25.8. The number of ether oxygens (including phenoxy) is 4. The summed E-state index contributed by atoms with van der Waals surface area (Å²) in [5.41, 5.74) is 0.695. The van der Waals surface area contributed by atoms with Crippen LogP contribution in [-0.4, -0.2) is 60.9 Å². The number of epoxide rings is 2. The molecular weight excluding hydrogens is 511 g/mol. The van der Waals surface area contributed by atoms with E-state index >= 15 is 0 Å². The van der Waals surface area contributed by atoms with Gasteiger partial charge in [0, 0.05) is 18.1 Å². The van der Waals surface area contributed by atoms with Gasteiger partial charge in [0.1, 0.15) is 12.2 Å². The van der Waals surface area contributed by atoms with Crippen LogP contribution in [0, 0.1) is 23.2 Å². The van der Waals surface area contributed by atoms with E-state index in [4.69, 9.17) is 23.5 Å². The summed E-state index contributed by atoms with van der Waals surface area (Å²) in [4.78, 5) is 21.8. The fourth-order valence-corrected chi connectivity index (χ4v) is 8.02. The van der Waals surface area contributed by atoms with E-state index in [1.54, 1.807) is 0 Å². The summed E-state index contributed by atoms with van der Waals surface area (Å²) in [6, 6.07) is 0. The molecule has 6 rings (SSSR count). The number of rotatable bonds is 6. The molecule has 2 spiro atoms. The molecule has 3 aliphatic carbocycles. The summed E-state index contributed by atoms with van der Waals surface area (Å²) in [6.07, 6.45) is 2.88. The number of hydrogen-bond acceptors (Lipinski definition) is 8. The lowest BCUT2D eigenvalue weighted by atomic mass is 9.46. The second-order valence-electron chi connectivity index (χ2n) is 10.7. The first-order valence-electron chi connectivity index (χ1n) is 14.5. The molecule has 0 amide bonds. The van der Waals surface area contributed by atoms with Crippen molar-refractivity contribution in [3.63, 3.8) is 0 Å². The van der Waals surface area contributed by atoms with Gasteiger partial charge in [-0.05, 0) is 49.0 Å². The molecule has 10 heteroatoms. The lowest BCUT2D eigenvalue weighted by molar-refractivity contribution is -0.155. The highest BCUT2D eigenvalue weighted by atomic mass is 31.2. The van der Waals surface area contributed by atoms with E-state index in [0.29, 0.717) is 18.9 Å². The maximum Gasteiger partial charge on any atom is 0.474 e. The highest BCUT2D eigenvalue weighted by Gasteiger charge is 2.93. The van der Waals surface area contributed by atoms with E-state index < -0.39 is 19.0 Å². The number of hydrogen-bond donors (Lipinski definition) is 1. The maximum atomic E-state index is 12.2. The van der Waals surface area contributed by atoms with Gasteiger partial charge in [-0.3, -0.25) is 9.05 Å². The molecule has 0 aromatic rings. The van der Waals surface area contributed by atoms with Crippen LogP contribution in [0.5, 0.6) is 0 Å². The molecule has 4 fully saturated rings. The van der Waals surface area contributed by atoms with Crippen molar-refractivity contribution in [1.29, 1.82) is 0 Å². The predicted octanol–water partition coefficient (Wildman–Crippen LogP) is 5.80. The van der Waals surface area contributed by atoms with Gasteiger partial charge in [-0.2, -0.15) is 0 Å². The summed E-state index contributed by atoms with van der Waals surface area (Å²) in [5, 5.41) is 0. The Bertz CT molecular complexity index is 951. The Kier molecular flexibility index (Phi) is 9.68. The highest BCUT2D eigenvalue weighted by molar-refractivity contribution is 7.47. The SMILES string of the molecule is CC.CC.CC.COP(=O)(O)OCOC1C(C(C)C)CC2OC23C2(C)CCC4=C(COC4=O)C2CC2OC213. The molecule has 0 aromatic carbocycles. The van der Waals surface area contributed by atoms with Crippen molar-refractivity contribution < 1.29 is 42.2 Å². The van der Waals surface area contributed by atoms with Gasteiger partial charge in [-0.1, -0.05) is 62.3 Å². The van der Waals surface area contributed by atoms with Crippen molar-refractivity contribution in [2.45, 2.75) is 118 Å². The number of phosphoric ester groups is 1. The van der Waals surface area contributed by atoms with Crippen LogP contribution in [0.2, 0.25) is 0 Å². The lowest BCUT2D eigenvalue weighted by Crippen LogP contribution is -2.67. The van der Waals surface area contributed by atoms with E-state index in [9.17, 15) is 14.3 Å². The minimum atomic E-state index is -4.14. The summed E-state index contributed by atoms with van der Waals surface area (Å²) >= 11 is 0. The molecule has 0 bridgehead atoms. The first kappa shape index (κ1) is 31.7. The van der Waals surface area contributed by atoms with E-state index in [-0.39, 0.29) is 48.3 Å². The standard InChI is InChI=1S/C22H31O9P.3C2H6/c1-11(2)13-7-17-22(31-17)20(3)6-5-12-14(9-27-19(12)23)15(20)8-16-21(22,30-16)18(13)28-10-29-32(24,25)26-4;3*1-2/h11,13,15-18H,5-10H2,1-4H3,(H,24,25);3*1-2H3. The van der Waals surface area contributed by atoms with Gasteiger partial charge in [0.15, 0.2) is 12.4 Å². The molecule has 0 radical (unpaired) electrons. The number of fused-ring (bicyclic) bond motifs is 2. The van der Waals surface area contributed by atoms with Crippen molar-refractivity contribution in [3.8, 4) is 0 Å². The second-order valence-corrected chi connectivity index (χ2v) is 12.2. The number of carbonyl (C=O) groups is 1. The molecule has 0 aromatic heterocycles. The van der Waals surface area contributed by atoms with Crippen LogP contribution < -0.4 is 0 Å². The van der Waals surface area contributed by atoms with Crippen molar-refractivity contribution >= 4 is 13.8 Å².